The third-order valence-electron chi connectivity index (χ3n) is 4.03. The molecule has 2 aromatic rings. The van der Waals surface area contributed by atoms with E-state index in [1.165, 1.54) is 12.1 Å². The van der Waals surface area contributed by atoms with Crippen molar-refractivity contribution in [3.8, 4) is 0 Å². The Labute approximate surface area is 150 Å². The quantitative estimate of drug-likeness (QED) is 0.753. The lowest BCUT2D eigenvalue weighted by atomic mass is 10.1. The minimum absolute atomic E-state index is 0.271. The average Bonchev–Trinajstić information content (AvgIpc) is 2.85. The third kappa shape index (κ3) is 3.43. The Morgan fingerprint density at radius 2 is 1.71 bits per heavy atom. The first-order valence-corrected chi connectivity index (χ1v) is 9.90. The summed E-state index contributed by atoms with van der Waals surface area (Å²) >= 11 is 11.8. The van der Waals surface area contributed by atoms with Gasteiger partial charge in [0.25, 0.3) is 0 Å². The zero-order valence-electron chi connectivity index (χ0n) is 12.7. The van der Waals surface area contributed by atoms with Crippen molar-refractivity contribution in [2.24, 2.45) is 0 Å². The first-order chi connectivity index (χ1) is 11.3. The zero-order chi connectivity index (χ0) is 17.5. The highest BCUT2D eigenvalue weighted by atomic mass is 35.5. The zero-order valence-corrected chi connectivity index (χ0v) is 15.0. The lowest BCUT2D eigenvalue weighted by Gasteiger charge is -2.19. The number of ether oxygens (including phenoxy) is 1. The second-order valence-corrected chi connectivity index (χ2v) is 8.89. The van der Waals surface area contributed by atoms with E-state index in [9.17, 15) is 13.2 Å². The molecular weight excluding hydrogens is 371 g/mol. The van der Waals surface area contributed by atoms with Crippen molar-refractivity contribution in [3.63, 3.8) is 0 Å². The van der Waals surface area contributed by atoms with Crippen molar-refractivity contribution in [3.05, 3.63) is 69.2 Å². The van der Waals surface area contributed by atoms with Gasteiger partial charge < -0.3 is 4.74 Å². The Hall–Kier alpha value is -1.56. The molecule has 3 rings (SSSR count). The SMILES string of the molecule is CS(=O)(=O)[C@@H]1Cc2cc(Cl)ccc2[C@H]1OC(=O)c1ccc(Cl)cc1. The smallest absolute Gasteiger partial charge is 0.338 e. The Morgan fingerprint density at radius 3 is 2.33 bits per heavy atom. The van der Waals surface area contributed by atoms with Gasteiger partial charge in [0.2, 0.25) is 0 Å². The van der Waals surface area contributed by atoms with Crippen LogP contribution in [0.5, 0.6) is 0 Å². The molecule has 0 N–H and O–H groups in total. The van der Waals surface area contributed by atoms with Crippen molar-refractivity contribution in [2.45, 2.75) is 17.8 Å². The molecule has 0 fully saturated rings. The first-order valence-electron chi connectivity index (χ1n) is 7.19. The van der Waals surface area contributed by atoms with E-state index in [1.54, 1.807) is 30.3 Å². The molecule has 24 heavy (non-hydrogen) atoms. The fourth-order valence-electron chi connectivity index (χ4n) is 2.84. The van der Waals surface area contributed by atoms with Crippen LogP contribution in [-0.4, -0.2) is 25.9 Å². The summed E-state index contributed by atoms with van der Waals surface area (Å²) in [5, 5.41) is 0.203. The summed E-state index contributed by atoms with van der Waals surface area (Å²) in [6.45, 7) is 0. The Morgan fingerprint density at radius 1 is 1.08 bits per heavy atom. The summed E-state index contributed by atoms with van der Waals surface area (Å²) in [7, 11) is -3.41. The number of carbonyl (C=O) groups is 1. The van der Waals surface area contributed by atoms with Crippen molar-refractivity contribution in [1.82, 2.24) is 0 Å². The number of hydrogen-bond acceptors (Lipinski definition) is 4. The molecule has 4 nitrogen and oxygen atoms in total. The number of halogens is 2. The molecule has 7 heteroatoms. The van der Waals surface area contributed by atoms with Crippen LogP contribution in [0.3, 0.4) is 0 Å². The van der Waals surface area contributed by atoms with E-state index in [2.05, 4.69) is 0 Å². The van der Waals surface area contributed by atoms with Crippen molar-refractivity contribution >= 4 is 39.0 Å². The molecule has 2 aromatic carbocycles. The Balaban J connectivity index is 1.94. The lowest BCUT2D eigenvalue weighted by molar-refractivity contribution is 0.0309. The van der Waals surface area contributed by atoms with Crippen LogP contribution in [0.25, 0.3) is 0 Å². The van der Waals surface area contributed by atoms with Crippen LogP contribution in [0.15, 0.2) is 42.5 Å². The second-order valence-electron chi connectivity index (χ2n) is 5.75. The number of fused-ring (bicyclic) bond motifs is 1. The van der Waals surface area contributed by atoms with E-state index in [0.717, 1.165) is 11.8 Å². The Bertz CT molecular complexity index is 891. The van der Waals surface area contributed by atoms with Crippen LogP contribution in [0.1, 0.15) is 27.6 Å². The Kier molecular flexibility index (Phi) is 4.60. The molecule has 0 aliphatic heterocycles. The summed E-state index contributed by atoms with van der Waals surface area (Å²) < 4.78 is 29.8. The van der Waals surface area contributed by atoms with Gasteiger partial charge in [0.1, 0.15) is 11.4 Å². The highest BCUT2D eigenvalue weighted by Crippen LogP contribution is 2.39. The molecule has 0 heterocycles. The van der Waals surface area contributed by atoms with Gasteiger partial charge in [-0.25, -0.2) is 13.2 Å². The van der Waals surface area contributed by atoms with Gasteiger partial charge in [0, 0.05) is 16.3 Å². The number of rotatable bonds is 3. The predicted octanol–water partition coefficient (Wildman–Crippen LogP) is 3.86. The first kappa shape index (κ1) is 17.3. The van der Waals surface area contributed by atoms with Gasteiger partial charge >= 0.3 is 5.97 Å². The maximum absolute atomic E-state index is 12.4. The van der Waals surface area contributed by atoms with Gasteiger partial charge in [-0.3, -0.25) is 0 Å². The van der Waals surface area contributed by atoms with Gasteiger partial charge in [-0.15, -0.1) is 0 Å². The molecule has 0 spiro atoms. The summed E-state index contributed by atoms with van der Waals surface area (Å²) in [6.07, 6.45) is 0.567. The van der Waals surface area contributed by atoms with E-state index < -0.39 is 27.2 Å². The minimum atomic E-state index is -3.41. The van der Waals surface area contributed by atoms with Crippen LogP contribution in [0.2, 0.25) is 10.0 Å². The predicted molar refractivity (Wildman–Crippen MR) is 93.4 cm³/mol. The molecule has 0 bridgehead atoms. The minimum Gasteiger partial charge on any atom is -0.452 e. The molecule has 0 saturated heterocycles. The highest BCUT2D eigenvalue weighted by Gasteiger charge is 2.41. The monoisotopic (exact) mass is 384 g/mol. The van der Waals surface area contributed by atoms with Crippen molar-refractivity contribution in [2.75, 3.05) is 6.26 Å². The second kappa shape index (κ2) is 6.39. The maximum atomic E-state index is 12.4. The maximum Gasteiger partial charge on any atom is 0.338 e. The molecular formula is C17H14Cl2O4S. The standard InChI is InChI=1S/C17H14Cl2O4S/c1-24(21,22)15-9-11-8-13(19)6-7-14(11)16(15)23-17(20)10-2-4-12(18)5-3-10/h2-8,15-16H,9H2,1H3/t15-,16-/m1/s1. The topological polar surface area (TPSA) is 60.4 Å². The van der Waals surface area contributed by atoms with Crippen LogP contribution in [-0.2, 0) is 21.0 Å². The summed E-state index contributed by atoms with van der Waals surface area (Å²) in [5.74, 6) is -0.590. The molecule has 126 valence electrons. The normalized spacial score (nSPS) is 19.8. The fraction of sp³-hybridized carbons (Fsp3) is 0.235. The van der Waals surface area contributed by atoms with E-state index in [1.807, 2.05) is 0 Å². The molecule has 0 unspecified atom stereocenters. The lowest BCUT2D eigenvalue weighted by Crippen LogP contribution is -2.28. The van der Waals surface area contributed by atoms with Crippen molar-refractivity contribution < 1.29 is 17.9 Å². The highest BCUT2D eigenvalue weighted by molar-refractivity contribution is 7.91. The number of hydrogen-bond donors (Lipinski definition) is 0. The van der Waals surface area contributed by atoms with Crippen LogP contribution in [0, 0.1) is 0 Å². The summed E-state index contributed by atoms with van der Waals surface area (Å²) in [5.41, 5.74) is 1.78. The van der Waals surface area contributed by atoms with E-state index in [-0.39, 0.29) is 6.42 Å². The molecule has 1 aliphatic rings. The number of benzene rings is 2. The van der Waals surface area contributed by atoms with Crippen LogP contribution in [0.4, 0.5) is 0 Å². The van der Waals surface area contributed by atoms with Crippen LogP contribution < -0.4 is 0 Å². The van der Waals surface area contributed by atoms with Crippen LogP contribution >= 0.6 is 23.2 Å². The van der Waals surface area contributed by atoms with Gasteiger partial charge in [0.15, 0.2) is 9.84 Å². The van der Waals surface area contributed by atoms with E-state index in [4.69, 9.17) is 27.9 Å². The number of esters is 1. The average molecular weight is 385 g/mol. The van der Waals surface area contributed by atoms with Gasteiger partial charge in [-0.2, -0.15) is 0 Å². The summed E-state index contributed by atoms with van der Waals surface area (Å²) in [4.78, 5) is 12.4. The molecule has 0 radical (unpaired) electrons. The molecule has 2 atom stereocenters. The largest absolute Gasteiger partial charge is 0.452 e. The molecule has 0 aromatic heterocycles. The van der Waals surface area contributed by atoms with E-state index in [0.29, 0.717) is 21.2 Å². The van der Waals surface area contributed by atoms with Crippen molar-refractivity contribution in [1.29, 1.82) is 0 Å². The fourth-order valence-corrected chi connectivity index (χ4v) is 4.29. The third-order valence-corrected chi connectivity index (χ3v) is 6.04. The number of sulfone groups is 1. The van der Waals surface area contributed by atoms with E-state index >= 15 is 0 Å². The molecule has 0 amide bonds. The summed E-state index contributed by atoms with van der Waals surface area (Å²) in [6, 6.07) is 11.3. The van der Waals surface area contributed by atoms with Gasteiger partial charge in [-0.05, 0) is 53.9 Å². The van der Waals surface area contributed by atoms with Gasteiger partial charge in [0.05, 0.1) is 5.56 Å². The molecule has 0 saturated carbocycles. The molecule has 1 aliphatic carbocycles. The number of carbonyl (C=O) groups excluding carboxylic acids is 1. The van der Waals surface area contributed by atoms with Gasteiger partial charge in [-0.1, -0.05) is 29.3 Å².